The molecule has 0 saturated heterocycles. The zero-order chi connectivity index (χ0) is 21.3. The van der Waals surface area contributed by atoms with E-state index in [2.05, 4.69) is 5.32 Å². The minimum Gasteiger partial charge on any atom is -0.354 e. The number of para-hydroxylation sites is 2. The van der Waals surface area contributed by atoms with Crippen molar-refractivity contribution in [2.75, 3.05) is 15.9 Å². The maximum atomic E-state index is 12.2. The van der Waals surface area contributed by atoms with Crippen LogP contribution in [0.1, 0.15) is 13.3 Å². The van der Waals surface area contributed by atoms with Gasteiger partial charge in [-0.3, -0.25) is 4.79 Å². The summed E-state index contributed by atoms with van der Waals surface area (Å²) in [5.74, 6) is -0.468. The van der Waals surface area contributed by atoms with Crippen molar-refractivity contribution in [2.45, 2.75) is 13.3 Å². The lowest BCUT2D eigenvalue weighted by Crippen LogP contribution is -2.35. The number of hydrogen-bond donors (Lipinski definition) is 1. The molecule has 1 heterocycles. The molecule has 0 aliphatic heterocycles. The van der Waals surface area contributed by atoms with Crippen LogP contribution >= 0.6 is 0 Å². The maximum absolute atomic E-state index is 12.2. The van der Waals surface area contributed by atoms with E-state index in [1.54, 1.807) is 31.2 Å². The summed E-state index contributed by atoms with van der Waals surface area (Å²) in [6, 6.07) is 22.6. The molecule has 0 bridgehead atoms. The van der Waals surface area contributed by atoms with Gasteiger partial charge in [-0.25, -0.2) is 17.7 Å². The Balaban J connectivity index is 1.77. The highest BCUT2D eigenvalue weighted by Crippen LogP contribution is 2.33. The Kier molecular flexibility index (Phi) is 5.13. The number of amides is 1. The average molecular weight is 420 g/mol. The van der Waals surface area contributed by atoms with Gasteiger partial charge < -0.3 is 5.32 Å². The molecule has 0 spiro atoms. The molecular weight excluding hydrogens is 398 g/mol. The first-order chi connectivity index (χ1) is 14.4. The minimum absolute atomic E-state index is 0.0993. The van der Waals surface area contributed by atoms with E-state index < -0.39 is 15.9 Å². The number of benzene rings is 3. The molecule has 1 aromatic heterocycles. The van der Waals surface area contributed by atoms with Gasteiger partial charge in [0, 0.05) is 22.9 Å². The number of aromatic nitrogens is 1. The van der Waals surface area contributed by atoms with Crippen molar-refractivity contribution in [2.24, 2.45) is 0 Å². The Morgan fingerprint density at radius 3 is 1.93 bits per heavy atom. The summed E-state index contributed by atoms with van der Waals surface area (Å²) in [6.07, 6.45) is 1.13. The number of pyridine rings is 1. The molecule has 4 rings (SSSR count). The van der Waals surface area contributed by atoms with Crippen molar-refractivity contribution in [3.05, 3.63) is 72.8 Å². The van der Waals surface area contributed by atoms with Gasteiger partial charge in [-0.1, -0.05) is 43.3 Å². The fraction of sp³-hybridized carbons (Fsp3) is 0.130. The van der Waals surface area contributed by atoms with Gasteiger partial charge in [0.05, 0.1) is 28.7 Å². The number of nitrogens with one attached hydrogen (secondary N) is 1. The Bertz CT molecular complexity index is 1300. The standard InChI is InChI=1S/C23H21N3O3S/c1-3-22(27)26(30(2,28)29)17-14-12-16(13-15-17)24-23-18-8-4-6-10-20(18)25-21-11-7-5-9-19(21)23/h4-15H,3H2,1-2H3,(H,24,25). The van der Waals surface area contributed by atoms with Gasteiger partial charge in [-0.15, -0.1) is 0 Å². The molecule has 152 valence electrons. The molecule has 0 aliphatic rings. The fourth-order valence-corrected chi connectivity index (χ4v) is 4.47. The van der Waals surface area contributed by atoms with Crippen molar-refractivity contribution in [3.8, 4) is 0 Å². The first-order valence-electron chi connectivity index (χ1n) is 9.56. The number of carbonyl (C=O) groups is 1. The van der Waals surface area contributed by atoms with E-state index in [-0.39, 0.29) is 6.42 Å². The molecule has 0 fully saturated rings. The third-order valence-electron chi connectivity index (χ3n) is 4.82. The van der Waals surface area contributed by atoms with E-state index in [4.69, 9.17) is 4.98 Å². The molecule has 30 heavy (non-hydrogen) atoms. The monoisotopic (exact) mass is 419 g/mol. The van der Waals surface area contributed by atoms with E-state index in [1.165, 1.54) is 0 Å². The summed E-state index contributed by atoms with van der Waals surface area (Å²) in [4.78, 5) is 16.9. The number of hydrogen-bond acceptors (Lipinski definition) is 5. The van der Waals surface area contributed by atoms with E-state index in [0.29, 0.717) is 5.69 Å². The molecule has 3 aromatic carbocycles. The molecule has 1 amide bonds. The number of anilines is 3. The summed E-state index contributed by atoms with van der Waals surface area (Å²) in [5, 5.41) is 5.42. The second-order valence-corrected chi connectivity index (χ2v) is 8.80. The summed E-state index contributed by atoms with van der Waals surface area (Å²) in [5.41, 5.74) is 3.78. The normalized spacial score (nSPS) is 11.5. The summed E-state index contributed by atoms with van der Waals surface area (Å²) in [7, 11) is -3.70. The quantitative estimate of drug-likeness (QED) is 0.469. The number of rotatable bonds is 5. The molecule has 0 unspecified atom stereocenters. The second kappa shape index (κ2) is 7.76. The summed E-state index contributed by atoms with van der Waals surface area (Å²) >= 11 is 0. The third kappa shape index (κ3) is 3.71. The van der Waals surface area contributed by atoms with Crippen LogP contribution in [0.2, 0.25) is 0 Å². The van der Waals surface area contributed by atoms with Crippen LogP contribution in [0.4, 0.5) is 17.1 Å². The lowest BCUT2D eigenvalue weighted by Gasteiger charge is -2.20. The van der Waals surface area contributed by atoms with Gasteiger partial charge in [0.2, 0.25) is 15.9 Å². The van der Waals surface area contributed by atoms with Crippen LogP contribution in [-0.4, -0.2) is 25.6 Å². The fourth-order valence-electron chi connectivity index (χ4n) is 3.46. The molecule has 0 radical (unpaired) electrons. The lowest BCUT2D eigenvalue weighted by molar-refractivity contribution is -0.117. The van der Waals surface area contributed by atoms with Gasteiger partial charge in [0.15, 0.2) is 0 Å². The predicted molar refractivity (Wildman–Crippen MR) is 122 cm³/mol. The smallest absolute Gasteiger partial charge is 0.240 e. The van der Waals surface area contributed by atoms with Gasteiger partial charge in [0.25, 0.3) is 0 Å². The first-order valence-corrected chi connectivity index (χ1v) is 11.4. The Morgan fingerprint density at radius 2 is 1.43 bits per heavy atom. The van der Waals surface area contributed by atoms with E-state index >= 15 is 0 Å². The van der Waals surface area contributed by atoms with Crippen molar-refractivity contribution >= 4 is 54.8 Å². The van der Waals surface area contributed by atoms with Crippen LogP contribution in [0.3, 0.4) is 0 Å². The number of sulfonamides is 1. The zero-order valence-corrected chi connectivity index (χ0v) is 17.5. The van der Waals surface area contributed by atoms with E-state index in [1.807, 2.05) is 48.5 Å². The predicted octanol–water partition coefficient (Wildman–Crippen LogP) is 4.83. The van der Waals surface area contributed by atoms with Crippen LogP contribution in [0, 0.1) is 0 Å². The highest BCUT2D eigenvalue weighted by atomic mass is 32.2. The number of fused-ring (bicyclic) bond motifs is 2. The maximum Gasteiger partial charge on any atom is 0.240 e. The number of carbonyl (C=O) groups excluding carboxylic acids is 1. The average Bonchev–Trinajstić information content (AvgIpc) is 2.73. The molecular formula is C23H21N3O3S. The number of nitrogens with zero attached hydrogens (tertiary/aromatic N) is 2. The molecule has 1 N–H and O–H groups in total. The Labute approximate surface area is 175 Å². The molecule has 0 atom stereocenters. The van der Waals surface area contributed by atoms with Crippen LogP contribution in [0.5, 0.6) is 0 Å². The Hall–Kier alpha value is -3.45. The van der Waals surface area contributed by atoms with Crippen LogP contribution < -0.4 is 9.62 Å². The zero-order valence-electron chi connectivity index (χ0n) is 16.7. The van der Waals surface area contributed by atoms with E-state index in [9.17, 15) is 13.2 Å². The van der Waals surface area contributed by atoms with Gasteiger partial charge in [-0.05, 0) is 36.4 Å². The molecule has 4 aromatic rings. The topological polar surface area (TPSA) is 79.4 Å². The van der Waals surface area contributed by atoms with Crippen LogP contribution in [0.15, 0.2) is 72.8 Å². The Morgan fingerprint density at radius 1 is 0.900 bits per heavy atom. The van der Waals surface area contributed by atoms with E-state index in [0.717, 1.165) is 43.7 Å². The SMILES string of the molecule is CCC(=O)N(c1ccc(Nc2c3ccccc3nc3ccccc23)cc1)S(C)(=O)=O. The van der Waals surface area contributed by atoms with Gasteiger partial charge >= 0.3 is 0 Å². The third-order valence-corrected chi connectivity index (χ3v) is 5.90. The molecule has 6 nitrogen and oxygen atoms in total. The van der Waals surface area contributed by atoms with Crippen molar-refractivity contribution in [1.82, 2.24) is 4.98 Å². The highest BCUT2D eigenvalue weighted by Gasteiger charge is 2.23. The first kappa shape index (κ1) is 19.8. The van der Waals surface area contributed by atoms with Crippen LogP contribution in [0.25, 0.3) is 21.8 Å². The molecule has 0 saturated carbocycles. The second-order valence-electron chi connectivity index (χ2n) is 6.97. The molecule has 7 heteroatoms. The minimum atomic E-state index is -3.70. The summed E-state index contributed by atoms with van der Waals surface area (Å²) in [6.45, 7) is 1.64. The van der Waals surface area contributed by atoms with Gasteiger partial charge in [0.1, 0.15) is 0 Å². The van der Waals surface area contributed by atoms with Gasteiger partial charge in [-0.2, -0.15) is 0 Å². The lowest BCUT2D eigenvalue weighted by atomic mass is 10.1. The van der Waals surface area contributed by atoms with Crippen molar-refractivity contribution in [1.29, 1.82) is 0 Å². The summed E-state index contributed by atoms with van der Waals surface area (Å²) < 4.78 is 25.0. The van der Waals surface area contributed by atoms with Crippen LogP contribution in [-0.2, 0) is 14.8 Å². The highest BCUT2D eigenvalue weighted by molar-refractivity contribution is 7.92. The van der Waals surface area contributed by atoms with Crippen molar-refractivity contribution in [3.63, 3.8) is 0 Å². The largest absolute Gasteiger partial charge is 0.354 e. The van der Waals surface area contributed by atoms with Crippen molar-refractivity contribution < 1.29 is 13.2 Å². The molecule has 0 aliphatic carbocycles.